The van der Waals surface area contributed by atoms with E-state index in [4.69, 9.17) is 18.0 Å². The van der Waals surface area contributed by atoms with E-state index in [1.165, 1.54) is 0 Å². The molecule has 0 spiro atoms. The van der Waals surface area contributed by atoms with E-state index in [0.29, 0.717) is 10.6 Å². The van der Waals surface area contributed by atoms with Crippen molar-refractivity contribution in [3.8, 4) is 0 Å². The molecule has 7 nitrogen and oxygen atoms in total. The predicted molar refractivity (Wildman–Crippen MR) is 89.1 cm³/mol. The van der Waals surface area contributed by atoms with E-state index in [1.807, 2.05) is 0 Å². The highest BCUT2D eigenvalue weighted by Gasteiger charge is 2.40. The van der Waals surface area contributed by atoms with Gasteiger partial charge in [-0.2, -0.15) is 0 Å². The van der Waals surface area contributed by atoms with Crippen LogP contribution in [0.15, 0.2) is 29.3 Å². The number of nitrogens with zero attached hydrogens (tertiary/aromatic N) is 2. The van der Waals surface area contributed by atoms with Crippen molar-refractivity contribution in [3.63, 3.8) is 0 Å². The Labute approximate surface area is 141 Å². The van der Waals surface area contributed by atoms with Gasteiger partial charge in [-0.25, -0.2) is 4.79 Å². The van der Waals surface area contributed by atoms with Gasteiger partial charge in [0, 0.05) is 12.6 Å². The second-order valence-electron chi connectivity index (χ2n) is 4.67. The lowest BCUT2D eigenvalue weighted by Crippen LogP contribution is -2.44. The fraction of sp³-hybridized carbons (Fsp3) is 0.214. The highest BCUT2D eigenvalue weighted by molar-refractivity contribution is 8.26. The molecule has 0 aliphatic carbocycles. The van der Waals surface area contributed by atoms with E-state index in [-0.39, 0.29) is 17.2 Å². The Morgan fingerprint density at radius 1 is 1.48 bits per heavy atom. The minimum atomic E-state index is -1.23. The second kappa shape index (κ2) is 7.34. The average Bonchev–Trinajstić information content (AvgIpc) is 2.75. The summed E-state index contributed by atoms with van der Waals surface area (Å²) in [5, 5.41) is 9.31. The summed E-state index contributed by atoms with van der Waals surface area (Å²) in [5.41, 5.74) is 5.61. The van der Waals surface area contributed by atoms with E-state index >= 15 is 0 Å². The van der Waals surface area contributed by atoms with Gasteiger partial charge in [0.05, 0.1) is 10.6 Å². The van der Waals surface area contributed by atoms with Gasteiger partial charge in [-0.05, 0) is 24.6 Å². The van der Waals surface area contributed by atoms with Crippen molar-refractivity contribution in [1.29, 1.82) is 0 Å². The number of amides is 2. The average molecular weight is 351 g/mol. The summed E-state index contributed by atoms with van der Waals surface area (Å²) in [6.45, 7) is 0. The molecule has 2 rings (SSSR count). The number of thiocarbonyl (C=S) groups is 1. The summed E-state index contributed by atoms with van der Waals surface area (Å²) < 4.78 is 0.133. The van der Waals surface area contributed by atoms with E-state index < -0.39 is 23.8 Å². The molecule has 1 aromatic rings. The number of hydrogen-bond donors (Lipinski definition) is 2. The third-order valence-electron chi connectivity index (χ3n) is 3.05. The molecule has 3 N–H and O–H groups in total. The molecule has 1 saturated heterocycles. The summed E-state index contributed by atoms with van der Waals surface area (Å²) in [5.74, 6) is -2.38. The molecule has 1 aliphatic rings. The van der Waals surface area contributed by atoms with Crippen LogP contribution in [-0.2, 0) is 14.4 Å². The van der Waals surface area contributed by atoms with Crippen molar-refractivity contribution in [2.75, 3.05) is 0 Å². The number of primary amides is 1. The van der Waals surface area contributed by atoms with Gasteiger partial charge in [-0.1, -0.05) is 30.0 Å². The van der Waals surface area contributed by atoms with Crippen LogP contribution in [0.3, 0.4) is 0 Å². The van der Waals surface area contributed by atoms with Crippen LogP contribution in [0.2, 0.25) is 0 Å². The summed E-state index contributed by atoms with van der Waals surface area (Å²) >= 11 is 6.12. The van der Waals surface area contributed by atoms with Crippen LogP contribution in [0.25, 0.3) is 6.08 Å². The topological polar surface area (TPSA) is 114 Å². The number of carboxylic acids is 1. The first kappa shape index (κ1) is 17.1. The molecular weight excluding hydrogens is 338 g/mol. The molecule has 1 aliphatic heterocycles. The third-order valence-corrected chi connectivity index (χ3v) is 4.38. The highest BCUT2D eigenvalue weighted by atomic mass is 32.2. The summed E-state index contributed by atoms with van der Waals surface area (Å²) in [4.78, 5) is 40.1. The maximum absolute atomic E-state index is 12.5. The Balaban J connectivity index is 2.24. The maximum atomic E-state index is 12.5. The zero-order valence-electron chi connectivity index (χ0n) is 11.8. The Hall–Kier alpha value is -2.26. The van der Waals surface area contributed by atoms with E-state index in [0.717, 1.165) is 16.7 Å². The van der Waals surface area contributed by atoms with Crippen molar-refractivity contribution in [3.05, 3.63) is 35.0 Å². The molecule has 23 heavy (non-hydrogen) atoms. The maximum Gasteiger partial charge on any atom is 0.326 e. The second-order valence-corrected chi connectivity index (χ2v) is 6.34. The van der Waals surface area contributed by atoms with Crippen molar-refractivity contribution in [2.45, 2.75) is 18.9 Å². The quantitative estimate of drug-likeness (QED) is 0.580. The fourth-order valence-electron chi connectivity index (χ4n) is 1.99. The van der Waals surface area contributed by atoms with Gasteiger partial charge in [-0.3, -0.25) is 19.5 Å². The lowest BCUT2D eigenvalue weighted by atomic mass is 10.1. The standard InChI is InChI=1S/C14H13N3O4S2/c15-11(18)5-4-9(13(20)21)17-12(19)10(23-14(17)22)7-8-3-1-2-6-16-8/h1-3,6-7,9H,4-5H2,(H2,15,18)(H,20,21)/b10-7-. The van der Waals surface area contributed by atoms with Crippen molar-refractivity contribution in [1.82, 2.24) is 9.88 Å². The number of nitrogens with two attached hydrogens (primary N) is 1. The van der Waals surface area contributed by atoms with Crippen molar-refractivity contribution >= 4 is 52.2 Å². The van der Waals surface area contributed by atoms with Crippen LogP contribution < -0.4 is 5.73 Å². The van der Waals surface area contributed by atoms with Gasteiger partial charge >= 0.3 is 5.97 Å². The molecule has 9 heteroatoms. The van der Waals surface area contributed by atoms with Crippen LogP contribution in [0.1, 0.15) is 18.5 Å². The monoisotopic (exact) mass is 351 g/mol. The molecule has 2 amide bonds. The van der Waals surface area contributed by atoms with Gasteiger partial charge in [0.15, 0.2) is 0 Å². The molecule has 0 saturated carbocycles. The number of aromatic nitrogens is 1. The first-order valence-electron chi connectivity index (χ1n) is 6.59. The zero-order valence-corrected chi connectivity index (χ0v) is 13.5. The van der Waals surface area contributed by atoms with Crippen LogP contribution >= 0.6 is 24.0 Å². The smallest absolute Gasteiger partial charge is 0.326 e. The molecular formula is C14H13N3O4S2. The molecule has 0 bridgehead atoms. The predicted octanol–water partition coefficient (Wildman–Crippen LogP) is 1.00. The van der Waals surface area contributed by atoms with E-state index in [1.54, 1.807) is 30.5 Å². The Kier molecular flexibility index (Phi) is 5.45. The largest absolute Gasteiger partial charge is 0.480 e. The number of carbonyl (C=O) groups excluding carboxylic acids is 2. The lowest BCUT2D eigenvalue weighted by Gasteiger charge is -2.22. The van der Waals surface area contributed by atoms with Crippen LogP contribution in [-0.4, -0.2) is 43.1 Å². The summed E-state index contributed by atoms with van der Waals surface area (Å²) in [6.07, 6.45) is 2.90. The van der Waals surface area contributed by atoms with Gasteiger partial charge in [-0.15, -0.1) is 0 Å². The van der Waals surface area contributed by atoms with Gasteiger partial charge in [0.2, 0.25) is 5.91 Å². The summed E-state index contributed by atoms with van der Waals surface area (Å²) in [7, 11) is 0. The first-order valence-corrected chi connectivity index (χ1v) is 7.82. The molecule has 1 atom stereocenters. The molecule has 1 unspecified atom stereocenters. The molecule has 0 aromatic carbocycles. The highest BCUT2D eigenvalue weighted by Crippen LogP contribution is 2.34. The summed E-state index contributed by atoms with van der Waals surface area (Å²) in [6, 6.07) is 4.01. The SMILES string of the molecule is NC(=O)CCC(C(=O)O)N1C(=O)/C(=C/c2ccccn2)SC1=S. The minimum Gasteiger partial charge on any atom is -0.480 e. The number of aliphatic carboxylic acids is 1. The zero-order chi connectivity index (χ0) is 17.0. The van der Waals surface area contributed by atoms with Gasteiger partial charge in [0.1, 0.15) is 10.4 Å². The van der Waals surface area contributed by atoms with Crippen LogP contribution in [0, 0.1) is 0 Å². The Morgan fingerprint density at radius 3 is 2.78 bits per heavy atom. The van der Waals surface area contributed by atoms with Crippen molar-refractivity contribution in [2.24, 2.45) is 5.73 Å². The number of rotatable bonds is 6. The van der Waals surface area contributed by atoms with Crippen LogP contribution in [0.5, 0.6) is 0 Å². The number of hydrogen-bond acceptors (Lipinski definition) is 6. The number of carbonyl (C=O) groups is 3. The van der Waals surface area contributed by atoms with Crippen LogP contribution in [0.4, 0.5) is 0 Å². The molecule has 120 valence electrons. The third kappa shape index (κ3) is 4.14. The minimum absolute atomic E-state index is 0.0893. The molecule has 1 fully saturated rings. The Morgan fingerprint density at radius 2 is 2.22 bits per heavy atom. The van der Waals surface area contributed by atoms with Gasteiger partial charge < -0.3 is 10.8 Å². The van der Waals surface area contributed by atoms with Gasteiger partial charge in [0.25, 0.3) is 5.91 Å². The Bertz CT molecular complexity index is 691. The number of thioether (sulfide) groups is 1. The lowest BCUT2D eigenvalue weighted by molar-refractivity contribution is -0.145. The van der Waals surface area contributed by atoms with E-state index in [2.05, 4.69) is 4.98 Å². The number of carboxylic acid groups (broad SMARTS) is 1. The number of pyridine rings is 1. The van der Waals surface area contributed by atoms with E-state index in [9.17, 15) is 19.5 Å². The first-order chi connectivity index (χ1) is 10.9. The normalized spacial score (nSPS) is 17.6. The molecule has 2 heterocycles. The van der Waals surface area contributed by atoms with Crippen molar-refractivity contribution < 1.29 is 19.5 Å². The molecule has 1 aromatic heterocycles. The fourth-order valence-corrected chi connectivity index (χ4v) is 3.33. The molecule has 0 radical (unpaired) electrons.